The molecule has 0 unspecified atom stereocenters. The molecule has 0 aliphatic heterocycles. The molecule has 1 aromatic rings. The standard InChI is InChI=1S/C19H30BrN3/c1-3-16-17(20)18(22-13-21-16)23-15-9-7-14(8-10-15)19(2)11-5-4-6-12-19/h13-15H,3-12H2,1-2H3,(H,21,22,23)/t14-,15+. The van der Waals surface area contributed by atoms with E-state index in [9.17, 15) is 0 Å². The van der Waals surface area contributed by atoms with Gasteiger partial charge in [0.2, 0.25) is 0 Å². The van der Waals surface area contributed by atoms with Crippen molar-refractivity contribution in [1.82, 2.24) is 9.97 Å². The highest BCUT2D eigenvalue weighted by Crippen LogP contribution is 2.48. The molecule has 1 aromatic heterocycles. The van der Waals surface area contributed by atoms with Crippen LogP contribution in [0.25, 0.3) is 0 Å². The molecule has 0 aromatic carbocycles. The minimum absolute atomic E-state index is 0.564. The first-order valence-electron chi connectivity index (χ1n) is 9.38. The zero-order valence-corrected chi connectivity index (χ0v) is 16.2. The van der Waals surface area contributed by atoms with Crippen LogP contribution < -0.4 is 5.32 Å². The number of nitrogens with one attached hydrogen (secondary N) is 1. The van der Waals surface area contributed by atoms with Crippen molar-refractivity contribution >= 4 is 21.7 Å². The van der Waals surface area contributed by atoms with Crippen molar-refractivity contribution < 1.29 is 0 Å². The lowest BCUT2D eigenvalue weighted by atomic mass is 9.62. The lowest BCUT2D eigenvalue weighted by molar-refractivity contribution is 0.0848. The van der Waals surface area contributed by atoms with E-state index in [0.717, 1.165) is 28.3 Å². The van der Waals surface area contributed by atoms with Crippen molar-refractivity contribution in [3.63, 3.8) is 0 Å². The first kappa shape index (κ1) is 17.2. The topological polar surface area (TPSA) is 37.8 Å². The molecule has 23 heavy (non-hydrogen) atoms. The molecular weight excluding hydrogens is 350 g/mol. The Balaban J connectivity index is 1.57. The Kier molecular flexibility index (Phi) is 5.61. The Hall–Kier alpha value is -0.640. The lowest BCUT2D eigenvalue weighted by Crippen LogP contribution is -2.36. The fraction of sp³-hybridized carbons (Fsp3) is 0.789. The van der Waals surface area contributed by atoms with Crippen LogP contribution in [-0.4, -0.2) is 16.0 Å². The van der Waals surface area contributed by atoms with Gasteiger partial charge >= 0.3 is 0 Å². The summed E-state index contributed by atoms with van der Waals surface area (Å²) in [5, 5.41) is 3.66. The zero-order valence-electron chi connectivity index (χ0n) is 14.6. The van der Waals surface area contributed by atoms with E-state index < -0.39 is 0 Å². The van der Waals surface area contributed by atoms with Crippen LogP contribution in [0.3, 0.4) is 0 Å². The summed E-state index contributed by atoms with van der Waals surface area (Å²) in [7, 11) is 0. The van der Waals surface area contributed by atoms with Gasteiger partial charge in [0.25, 0.3) is 0 Å². The summed E-state index contributed by atoms with van der Waals surface area (Å²) in [6.07, 6.45) is 15.2. The normalized spacial score (nSPS) is 27.6. The van der Waals surface area contributed by atoms with Gasteiger partial charge in [0.15, 0.2) is 0 Å². The number of aryl methyl sites for hydroxylation is 1. The molecule has 2 fully saturated rings. The van der Waals surface area contributed by atoms with E-state index in [-0.39, 0.29) is 0 Å². The minimum atomic E-state index is 0.564. The number of rotatable bonds is 4. The van der Waals surface area contributed by atoms with Gasteiger partial charge in [-0.1, -0.05) is 33.1 Å². The van der Waals surface area contributed by atoms with E-state index in [2.05, 4.69) is 45.1 Å². The Bertz CT molecular complexity index is 517. The molecule has 0 spiro atoms. The van der Waals surface area contributed by atoms with E-state index in [1.54, 1.807) is 6.33 Å². The molecule has 2 aliphatic carbocycles. The van der Waals surface area contributed by atoms with Crippen molar-refractivity contribution in [1.29, 1.82) is 0 Å². The zero-order chi connectivity index (χ0) is 16.3. The Morgan fingerprint density at radius 2 is 1.83 bits per heavy atom. The third kappa shape index (κ3) is 3.89. The summed E-state index contributed by atoms with van der Waals surface area (Å²) in [4.78, 5) is 8.77. The predicted octanol–water partition coefficient (Wildman–Crippen LogP) is 5.74. The fourth-order valence-electron chi connectivity index (χ4n) is 4.65. The van der Waals surface area contributed by atoms with Crippen molar-refractivity contribution in [3.8, 4) is 0 Å². The first-order valence-corrected chi connectivity index (χ1v) is 10.2. The van der Waals surface area contributed by atoms with E-state index >= 15 is 0 Å². The maximum absolute atomic E-state index is 4.43. The van der Waals surface area contributed by atoms with Crippen LogP contribution in [0.4, 0.5) is 5.82 Å². The van der Waals surface area contributed by atoms with Crippen LogP contribution in [0.2, 0.25) is 0 Å². The van der Waals surface area contributed by atoms with Gasteiger partial charge in [0.05, 0.1) is 10.2 Å². The first-order chi connectivity index (χ1) is 11.1. The average molecular weight is 380 g/mol. The second kappa shape index (κ2) is 7.50. The third-order valence-corrected chi connectivity index (χ3v) is 7.08. The number of hydrogen-bond donors (Lipinski definition) is 1. The van der Waals surface area contributed by atoms with Gasteiger partial charge in [-0.3, -0.25) is 0 Å². The maximum Gasteiger partial charge on any atom is 0.144 e. The molecule has 2 saturated carbocycles. The lowest BCUT2D eigenvalue weighted by Gasteiger charge is -2.44. The monoisotopic (exact) mass is 379 g/mol. The Labute approximate surface area is 149 Å². The smallest absolute Gasteiger partial charge is 0.144 e. The van der Waals surface area contributed by atoms with Gasteiger partial charge in [-0.2, -0.15) is 0 Å². The third-order valence-electron chi connectivity index (χ3n) is 6.25. The van der Waals surface area contributed by atoms with Gasteiger partial charge in [0.1, 0.15) is 12.1 Å². The molecule has 0 atom stereocenters. The molecule has 3 nitrogen and oxygen atoms in total. The molecule has 128 valence electrons. The molecule has 0 radical (unpaired) electrons. The van der Waals surface area contributed by atoms with Crippen LogP contribution in [0.5, 0.6) is 0 Å². The maximum atomic E-state index is 4.43. The van der Waals surface area contributed by atoms with Gasteiger partial charge in [-0.25, -0.2) is 9.97 Å². The van der Waals surface area contributed by atoms with E-state index in [1.165, 1.54) is 57.8 Å². The molecule has 0 saturated heterocycles. The van der Waals surface area contributed by atoms with Gasteiger partial charge in [0, 0.05) is 6.04 Å². The Morgan fingerprint density at radius 1 is 1.13 bits per heavy atom. The summed E-state index contributed by atoms with van der Waals surface area (Å²) < 4.78 is 1.05. The predicted molar refractivity (Wildman–Crippen MR) is 99.7 cm³/mol. The molecule has 0 amide bonds. The summed E-state index contributed by atoms with van der Waals surface area (Å²) in [5.41, 5.74) is 1.71. The van der Waals surface area contributed by atoms with Crippen LogP contribution in [0, 0.1) is 11.3 Å². The molecule has 2 aliphatic rings. The number of hydrogen-bond acceptors (Lipinski definition) is 3. The molecule has 3 rings (SSSR count). The quantitative estimate of drug-likeness (QED) is 0.724. The van der Waals surface area contributed by atoms with Crippen LogP contribution in [0.15, 0.2) is 10.8 Å². The van der Waals surface area contributed by atoms with Crippen molar-refractivity contribution in [2.45, 2.75) is 84.1 Å². The molecule has 0 bridgehead atoms. The van der Waals surface area contributed by atoms with Gasteiger partial charge in [-0.05, 0) is 72.2 Å². The molecule has 1 heterocycles. The number of anilines is 1. The average Bonchev–Trinajstić information content (AvgIpc) is 2.58. The fourth-order valence-corrected chi connectivity index (χ4v) is 5.25. The summed E-state index contributed by atoms with van der Waals surface area (Å²) in [6.45, 7) is 4.69. The van der Waals surface area contributed by atoms with E-state index in [4.69, 9.17) is 0 Å². The van der Waals surface area contributed by atoms with Crippen LogP contribution in [-0.2, 0) is 6.42 Å². The molecular formula is C19H30BrN3. The number of nitrogens with zero attached hydrogens (tertiary/aromatic N) is 2. The summed E-state index contributed by atoms with van der Waals surface area (Å²) >= 11 is 3.66. The van der Waals surface area contributed by atoms with E-state index in [0.29, 0.717) is 11.5 Å². The second-order valence-corrected chi connectivity index (χ2v) is 8.54. The van der Waals surface area contributed by atoms with Gasteiger partial charge in [-0.15, -0.1) is 0 Å². The highest BCUT2D eigenvalue weighted by atomic mass is 79.9. The SMILES string of the molecule is CCc1ncnc(N[C@H]2CC[C@@H](C3(C)CCCCC3)CC2)c1Br. The summed E-state index contributed by atoms with van der Waals surface area (Å²) in [6, 6.07) is 0.564. The minimum Gasteiger partial charge on any atom is -0.366 e. The second-order valence-electron chi connectivity index (χ2n) is 7.74. The Morgan fingerprint density at radius 3 is 2.48 bits per heavy atom. The number of halogens is 1. The van der Waals surface area contributed by atoms with Crippen molar-refractivity contribution in [3.05, 3.63) is 16.5 Å². The molecule has 4 heteroatoms. The summed E-state index contributed by atoms with van der Waals surface area (Å²) in [5.74, 6) is 1.91. The largest absolute Gasteiger partial charge is 0.366 e. The van der Waals surface area contributed by atoms with Crippen molar-refractivity contribution in [2.24, 2.45) is 11.3 Å². The van der Waals surface area contributed by atoms with Crippen LogP contribution >= 0.6 is 15.9 Å². The highest BCUT2D eigenvalue weighted by Gasteiger charge is 2.37. The van der Waals surface area contributed by atoms with Crippen LogP contribution in [0.1, 0.15) is 77.3 Å². The number of aromatic nitrogens is 2. The van der Waals surface area contributed by atoms with Gasteiger partial charge < -0.3 is 5.32 Å². The van der Waals surface area contributed by atoms with Crippen molar-refractivity contribution in [2.75, 3.05) is 5.32 Å². The highest BCUT2D eigenvalue weighted by molar-refractivity contribution is 9.10. The molecule has 1 N–H and O–H groups in total. The van der Waals surface area contributed by atoms with E-state index in [1.807, 2.05) is 0 Å².